The number of hydrogen-bond acceptors (Lipinski definition) is 5. The van der Waals surface area contributed by atoms with Crippen molar-refractivity contribution in [1.29, 1.82) is 0 Å². The molecule has 7 heteroatoms. The van der Waals surface area contributed by atoms with Crippen molar-refractivity contribution in [1.82, 2.24) is 19.9 Å². The second kappa shape index (κ2) is 6.76. The number of H-pyrrole nitrogens is 1. The van der Waals surface area contributed by atoms with Crippen LogP contribution in [0.5, 0.6) is 0 Å². The number of aromatic amines is 1. The molecule has 0 saturated carbocycles. The smallest absolute Gasteiger partial charge is 0.410 e. The number of benzene rings is 1. The molecule has 2 aliphatic heterocycles. The van der Waals surface area contributed by atoms with Crippen molar-refractivity contribution in [2.75, 3.05) is 24.6 Å². The van der Waals surface area contributed by atoms with Gasteiger partial charge in [0, 0.05) is 41.6 Å². The summed E-state index contributed by atoms with van der Waals surface area (Å²) in [6.45, 7) is 6.62. The monoisotopic (exact) mass is 391 g/mol. The number of nitrogens with one attached hydrogen (secondary N) is 1. The fourth-order valence-corrected chi connectivity index (χ4v) is 4.60. The topological polar surface area (TPSA) is 74.4 Å². The summed E-state index contributed by atoms with van der Waals surface area (Å²) in [5.74, 6) is 0.783. The molecule has 1 aromatic carbocycles. The van der Waals surface area contributed by atoms with Gasteiger partial charge in [-0.1, -0.05) is 18.2 Å². The molecule has 2 saturated heterocycles. The first-order valence-corrected chi connectivity index (χ1v) is 10.1. The molecular formula is C22H25N5O2. The van der Waals surface area contributed by atoms with Gasteiger partial charge in [0.25, 0.3) is 0 Å². The van der Waals surface area contributed by atoms with Crippen LogP contribution in [0.15, 0.2) is 36.5 Å². The van der Waals surface area contributed by atoms with E-state index in [0.717, 1.165) is 59.7 Å². The van der Waals surface area contributed by atoms with Crippen molar-refractivity contribution in [2.45, 2.75) is 38.8 Å². The minimum Gasteiger partial charge on any atom is -0.447 e. The largest absolute Gasteiger partial charge is 0.447 e. The molecule has 1 amide bonds. The maximum atomic E-state index is 12.6. The summed E-state index contributed by atoms with van der Waals surface area (Å²) in [7, 11) is 0. The lowest BCUT2D eigenvalue weighted by Gasteiger charge is -2.42. The molecule has 4 heterocycles. The Labute approximate surface area is 169 Å². The summed E-state index contributed by atoms with van der Waals surface area (Å²) in [5, 5.41) is 1.16. The summed E-state index contributed by atoms with van der Waals surface area (Å²) in [6, 6.07) is 10.2. The molecule has 29 heavy (non-hydrogen) atoms. The van der Waals surface area contributed by atoms with Gasteiger partial charge in [0.2, 0.25) is 5.95 Å². The molecule has 0 bridgehead atoms. The Balaban J connectivity index is 1.36. The first-order valence-electron chi connectivity index (χ1n) is 10.1. The highest BCUT2D eigenvalue weighted by Gasteiger charge is 2.49. The van der Waals surface area contributed by atoms with E-state index in [1.807, 2.05) is 43.1 Å². The third-order valence-electron chi connectivity index (χ3n) is 6.21. The normalized spacial score (nSPS) is 18.6. The molecule has 0 aliphatic carbocycles. The Morgan fingerprint density at radius 3 is 2.62 bits per heavy atom. The Hall–Kier alpha value is -3.09. The van der Waals surface area contributed by atoms with Crippen molar-refractivity contribution >= 4 is 22.9 Å². The van der Waals surface area contributed by atoms with Gasteiger partial charge in [-0.3, -0.25) is 4.90 Å². The van der Waals surface area contributed by atoms with Gasteiger partial charge in [0.05, 0.1) is 12.1 Å². The Morgan fingerprint density at radius 2 is 1.86 bits per heavy atom. The lowest BCUT2D eigenvalue weighted by molar-refractivity contribution is 0.126. The van der Waals surface area contributed by atoms with E-state index >= 15 is 0 Å². The van der Waals surface area contributed by atoms with E-state index < -0.39 is 0 Å². The number of aromatic nitrogens is 3. The number of amides is 1. The number of anilines is 1. The van der Waals surface area contributed by atoms with Crippen LogP contribution >= 0.6 is 0 Å². The molecule has 1 N–H and O–H groups in total. The van der Waals surface area contributed by atoms with Gasteiger partial charge in [-0.15, -0.1) is 0 Å². The predicted molar refractivity (Wildman–Crippen MR) is 111 cm³/mol. The number of carbonyl (C=O) groups is 1. The number of carbonyl (C=O) groups excluding carboxylic acids is 1. The zero-order chi connectivity index (χ0) is 20.0. The van der Waals surface area contributed by atoms with Gasteiger partial charge >= 0.3 is 6.09 Å². The third kappa shape index (κ3) is 3.10. The number of cyclic esters (lactones) is 1. The molecule has 0 atom stereocenters. The molecule has 3 aromatic rings. The zero-order valence-electron chi connectivity index (χ0n) is 16.8. The second-order valence-corrected chi connectivity index (χ2v) is 8.16. The van der Waals surface area contributed by atoms with Crippen molar-refractivity contribution < 1.29 is 9.53 Å². The first-order chi connectivity index (χ1) is 14.0. The Bertz CT molecular complexity index is 1050. The van der Waals surface area contributed by atoms with E-state index in [1.165, 1.54) is 0 Å². The third-order valence-corrected chi connectivity index (χ3v) is 6.21. The maximum Gasteiger partial charge on any atom is 0.410 e. The molecule has 0 unspecified atom stereocenters. The van der Waals surface area contributed by atoms with Gasteiger partial charge in [0.15, 0.2) is 0 Å². The second-order valence-electron chi connectivity index (χ2n) is 8.16. The van der Waals surface area contributed by atoms with Crippen LogP contribution in [0, 0.1) is 13.8 Å². The van der Waals surface area contributed by atoms with Gasteiger partial charge in [-0.05, 0) is 44.4 Å². The number of fused-ring (bicyclic) bond motifs is 1. The van der Waals surface area contributed by atoms with E-state index in [9.17, 15) is 4.79 Å². The van der Waals surface area contributed by atoms with Crippen molar-refractivity contribution in [2.24, 2.45) is 0 Å². The molecule has 2 aliphatic rings. The van der Waals surface area contributed by atoms with Crippen molar-refractivity contribution in [3.63, 3.8) is 0 Å². The highest BCUT2D eigenvalue weighted by molar-refractivity contribution is 5.83. The van der Waals surface area contributed by atoms with Crippen LogP contribution < -0.4 is 4.90 Å². The quantitative estimate of drug-likeness (QED) is 0.739. The van der Waals surface area contributed by atoms with Crippen LogP contribution in [0.1, 0.15) is 29.8 Å². The fourth-order valence-electron chi connectivity index (χ4n) is 4.60. The number of aryl methyl sites for hydroxylation is 2. The Kier molecular flexibility index (Phi) is 4.19. The molecule has 150 valence electrons. The number of para-hydroxylation sites is 1. The minimum atomic E-state index is -0.259. The first kappa shape index (κ1) is 18.0. The van der Waals surface area contributed by atoms with E-state index in [0.29, 0.717) is 13.2 Å². The lowest BCUT2D eigenvalue weighted by atomic mass is 9.87. The summed E-state index contributed by atoms with van der Waals surface area (Å²) in [5.41, 5.74) is 3.91. The van der Waals surface area contributed by atoms with E-state index in [-0.39, 0.29) is 11.6 Å². The van der Waals surface area contributed by atoms with Crippen LogP contribution in [0.3, 0.4) is 0 Å². The fraction of sp³-hybridized carbons (Fsp3) is 0.409. The number of hydrogen-bond donors (Lipinski definition) is 1. The van der Waals surface area contributed by atoms with Gasteiger partial charge in [-0.25, -0.2) is 14.8 Å². The van der Waals surface area contributed by atoms with E-state index in [2.05, 4.69) is 32.0 Å². The predicted octanol–water partition coefficient (Wildman–Crippen LogP) is 3.57. The van der Waals surface area contributed by atoms with E-state index in [4.69, 9.17) is 4.74 Å². The summed E-state index contributed by atoms with van der Waals surface area (Å²) >= 11 is 0. The number of rotatable bonds is 3. The lowest BCUT2D eigenvalue weighted by Crippen LogP contribution is -2.54. The molecular weight excluding hydrogens is 366 g/mol. The highest BCUT2D eigenvalue weighted by atomic mass is 16.6. The van der Waals surface area contributed by atoms with Crippen LogP contribution in [-0.2, 0) is 11.3 Å². The molecule has 2 fully saturated rings. The molecule has 1 spiro atoms. The number of ether oxygens (including phenoxy) is 1. The molecule has 7 nitrogen and oxygen atoms in total. The minimum absolute atomic E-state index is 0.216. The van der Waals surface area contributed by atoms with Crippen molar-refractivity contribution in [3.05, 3.63) is 53.5 Å². The SMILES string of the molecule is Cc1cc(C)nc(N2CCC3(CC2)COC(=O)N3Cc2c[nH]c3ccccc23)n1. The van der Waals surface area contributed by atoms with Crippen LogP contribution in [0.25, 0.3) is 10.9 Å². The van der Waals surface area contributed by atoms with Crippen LogP contribution in [-0.4, -0.2) is 51.2 Å². The van der Waals surface area contributed by atoms with Crippen molar-refractivity contribution in [3.8, 4) is 0 Å². The summed E-state index contributed by atoms with van der Waals surface area (Å²) in [4.78, 5) is 29.3. The average Bonchev–Trinajstić information content (AvgIpc) is 3.25. The molecule has 0 radical (unpaired) electrons. The zero-order valence-corrected chi connectivity index (χ0v) is 16.8. The van der Waals surface area contributed by atoms with E-state index in [1.54, 1.807) is 0 Å². The Morgan fingerprint density at radius 1 is 1.14 bits per heavy atom. The molecule has 2 aromatic heterocycles. The summed E-state index contributed by atoms with van der Waals surface area (Å²) in [6.07, 6.45) is 3.48. The van der Waals surface area contributed by atoms with Crippen LogP contribution in [0.2, 0.25) is 0 Å². The molecule has 5 rings (SSSR count). The van der Waals surface area contributed by atoms with Gasteiger partial charge in [-0.2, -0.15) is 0 Å². The van der Waals surface area contributed by atoms with Gasteiger partial charge in [0.1, 0.15) is 6.61 Å². The average molecular weight is 391 g/mol. The van der Waals surface area contributed by atoms with Gasteiger partial charge < -0.3 is 14.6 Å². The van der Waals surface area contributed by atoms with Crippen LogP contribution in [0.4, 0.5) is 10.7 Å². The highest BCUT2D eigenvalue weighted by Crippen LogP contribution is 2.37. The standard InChI is InChI=1S/C22H25N5O2/c1-15-11-16(2)25-20(24-15)26-9-7-22(8-10-26)14-29-21(28)27(22)13-17-12-23-19-6-4-3-5-18(17)19/h3-6,11-12,23H,7-10,13-14H2,1-2H3. The summed E-state index contributed by atoms with van der Waals surface area (Å²) < 4.78 is 5.53. The maximum absolute atomic E-state index is 12.6. The number of nitrogens with zero attached hydrogens (tertiary/aromatic N) is 4. The number of piperidine rings is 1.